The number of aromatic nitrogens is 1. The number of hydrogen-bond acceptors (Lipinski definition) is 3. The first-order chi connectivity index (χ1) is 6.76. The summed E-state index contributed by atoms with van der Waals surface area (Å²) >= 11 is 0. The smallest absolute Gasteiger partial charge is 0.213 e. The molecule has 0 saturated heterocycles. The Kier molecular flexibility index (Phi) is 3.98. The first-order valence-corrected chi connectivity index (χ1v) is 4.74. The molecule has 3 nitrogen and oxygen atoms in total. The lowest BCUT2D eigenvalue weighted by molar-refractivity contribution is 0.327. The first kappa shape index (κ1) is 10.6. The van der Waals surface area contributed by atoms with Gasteiger partial charge in [-0.25, -0.2) is 4.98 Å². The van der Waals surface area contributed by atoms with Crippen LogP contribution in [-0.2, 0) is 0 Å². The average molecular weight is 192 g/mol. The van der Waals surface area contributed by atoms with Gasteiger partial charge in [-0.05, 0) is 19.9 Å². The van der Waals surface area contributed by atoms with Crippen molar-refractivity contribution in [3.05, 3.63) is 31.0 Å². The van der Waals surface area contributed by atoms with Crippen LogP contribution in [0, 0.1) is 0 Å². The van der Waals surface area contributed by atoms with E-state index in [9.17, 15) is 0 Å². The van der Waals surface area contributed by atoms with Crippen molar-refractivity contribution in [1.29, 1.82) is 0 Å². The molecule has 1 heterocycles. The lowest BCUT2D eigenvalue weighted by Crippen LogP contribution is -2.11. The van der Waals surface area contributed by atoms with Crippen LogP contribution >= 0.6 is 0 Å². The Morgan fingerprint density at radius 1 is 1.64 bits per heavy atom. The van der Waals surface area contributed by atoms with Crippen LogP contribution in [0.2, 0.25) is 0 Å². The summed E-state index contributed by atoms with van der Waals surface area (Å²) in [5.74, 6) is 0.657. The highest BCUT2D eigenvalue weighted by atomic mass is 16.5. The summed E-state index contributed by atoms with van der Waals surface area (Å²) in [7, 11) is 0. The molecule has 0 aliphatic heterocycles. The molecule has 0 radical (unpaired) electrons. The first-order valence-electron chi connectivity index (χ1n) is 4.74. The van der Waals surface area contributed by atoms with E-state index in [1.807, 2.05) is 32.1 Å². The fourth-order valence-electron chi connectivity index (χ4n) is 1.02. The van der Waals surface area contributed by atoms with Crippen molar-refractivity contribution < 1.29 is 4.74 Å². The molecule has 1 aromatic rings. The van der Waals surface area contributed by atoms with Crippen LogP contribution in [0.5, 0.6) is 5.88 Å². The third-order valence-electron chi connectivity index (χ3n) is 1.78. The van der Waals surface area contributed by atoms with Gasteiger partial charge in [0.15, 0.2) is 0 Å². The van der Waals surface area contributed by atoms with E-state index in [0.29, 0.717) is 12.5 Å². The van der Waals surface area contributed by atoms with E-state index in [4.69, 9.17) is 4.74 Å². The quantitative estimate of drug-likeness (QED) is 0.728. The van der Waals surface area contributed by atoms with Crippen LogP contribution in [0.15, 0.2) is 31.0 Å². The van der Waals surface area contributed by atoms with Crippen molar-refractivity contribution in [2.45, 2.75) is 19.9 Å². The topological polar surface area (TPSA) is 34.1 Å². The second-order valence-corrected chi connectivity index (χ2v) is 2.99. The van der Waals surface area contributed by atoms with E-state index in [1.54, 1.807) is 6.20 Å². The molecule has 1 aromatic heterocycles. The van der Waals surface area contributed by atoms with E-state index in [0.717, 1.165) is 5.69 Å². The molecule has 1 atom stereocenters. The van der Waals surface area contributed by atoms with Crippen LogP contribution in [0.25, 0.3) is 0 Å². The Labute approximate surface area is 84.8 Å². The Hall–Kier alpha value is -1.51. The highest BCUT2D eigenvalue weighted by molar-refractivity contribution is 5.43. The summed E-state index contributed by atoms with van der Waals surface area (Å²) in [6.07, 6.45) is 3.60. The number of anilines is 1. The highest BCUT2D eigenvalue weighted by Gasteiger charge is 1.98. The standard InChI is InChI=1S/C11H16N2O/c1-4-9(3)13-10-6-7-11(12-8-10)14-5-2/h4,6-9,13H,1,5H2,2-3H3. The number of nitrogens with zero attached hydrogens (tertiary/aromatic N) is 1. The van der Waals surface area contributed by atoms with E-state index < -0.39 is 0 Å². The van der Waals surface area contributed by atoms with Crippen molar-refractivity contribution in [3.63, 3.8) is 0 Å². The van der Waals surface area contributed by atoms with Gasteiger partial charge in [-0.15, -0.1) is 6.58 Å². The molecule has 3 heteroatoms. The van der Waals surface area contributed by atoms with Crippen molar-refractivity contribution >= 4 is 5.69 Å². The van der Waals surface area contributed by atoms with E-state index in [-0.39, 0.29) is 6.04 Å². The maximum atomic E-state index is 5.23. The normalized spacial score (nSPS) is 11.9. The largest absolute Gasteiger partial charge is 0.478 e. The molecule has 1 rings (SSSR count). The molecule has 0 aliphatic carbocycles. The Bertz CT molecular complexity index is 282. The second kappa shape index (κ2) is 5.27. The van der Waals surface area contributed by atoms with Crippen molar-refractivity contribution in [1.82, 2.24) is 4.98 Å². The molecule has 1 unspecified atom stereocenters. The van der Waals surface area contributed by atoms with Gasteiger partial charge >= 0.3 is 0 Å². The molecule has 0 amide bonds. The zero-order valence-corrected chi connectivity index (χ0v) is 8.66. The molecule has 1 N–H and O–H groups in total. The van der Waals surface area contributed by atoms with Crippen LogP contribution < -0.4 is 10.1 Å². The zero-order valence-electron chi connectivity index (χ0n) is 8.66. The predicted molar refractivity (Wildman–Crippen MR) is 58.7 cm³/mol. The molecule has 0 bridgehead atoms. The third-order valence-corrected chi connectivity index (χ3v) is 1.78. The van der Waals surface area contributed by atoms with Crippen LogP contribution in [0.1, 0.15) is 13.8 Å². The number of pyridine rings is 1. The van der Waals surface area contributed by atoms with Gasteiger partial charge in [-0.3, -0.25) is 0 Å². The Morgan fingerprint density at radius 2 is 2.43 bits per heavy atom. The summed E-state index contributed by atoms with van der Waals surface area (Å²) in [4.78, 5) is 4.14. The lowest BCUT2D eigenvalue weighted by atomic mass is 10.3. The second-order valence-electron chi connectivity index (χ2n) is 2.99. The summed E-state index contributed by atoms with van der Waals surface area (Å²) in [6, 6.07) is 4.04. The fourth-order valence-corrected chi connectivity index (χ4v) is 1.02. The maximum absolute atomic E-state index is 5.23. The summed E-state index contributed by atoms with van der Waals surface area (Å²) < 4.78 is 5.23. The van der Waals surface area contributed by atoms with Gasteiger partial charge in [-0.2, -0.15) is 0 Å². The number of ether oxygens (including phenoxy) is 1. The highest BCUT2D eigenvalue weighted by Crippen LogP contribution is 2.12. The average Bonchev–Trinajstić information content (AvgIpc) is 2.21. The zero-order chi connectivity index (χ0) is 10.4. The lowest BCUT2D eigenvalue weighted by Gasteiger charge is -2.10. The van der Waals surface area contributed by atoms with Gasteiger partial charge in [0, 0.05) is 12.1 Å². The minimum atomic E-state index is 0.245. The van der Waals surface area contributed by atoms with Crippen LogP contribution in [-0.4, -0.2) is 17.6 Å². The van der Waals surface area contributed by atoms with E-state index >= 15 is 0 Å². The molecule has 0 spiro atoms. The van der Waals surface area contributed by atoms with Gasteiger partial charge in [0.2, 0.25) is 5.88 Å². The summed E-state index contributed by atoms with van der Waals surface area (Å²) in [5.41, 5.74) is 0.973. The number of nitrogens with one attached hydrogen (secondary N) is 1. The van der Waals surface area contributed by atoms with Gasteiger partial charge in [-0.1, -0.05) is 6.08 Å². The fraction of sp³-hybridized carbons (Fsp3) is 0.364. The maximum Gasteiger partial charge on any atom is 0.213 e. The van der Waals surface area contributed by atoms with Gasteiger partial charge < -0.3 is 10.1 Å². The number of rotatable bonds is 5. The Balaban J connectivity index is 2.59. The molecule has 0 aliphatic rings. The SMILES string of the molecule is C=CC(C)Nc1ccc(OCC)nc1. The van der Waals surface area contributed by atoms with Crippen molar-refractivity contribution in [2.24, 2.45) is 0 Å². The van der Waals surface area contributed by atoms with Gasteiger partial charge in [0.05, 0.1) is 18.5 Å². The number of hydrogen-bond donors (Lipinski definition) is 1. The molecule has 14 heavy (non-hydrogen) atoms. The minimum absolute atomic E-state index is 0.245. The molecular weight excluding hydrogens is 176 g/mol. The molecule has 0 fully saturated rings. The predicted octanol–water partition coefficient (Wildman–Crippen LogP) is 2.47. The Morgan fingerprint density at radius 3 is 2.93 bits per heavy atom. The van der Waals surface area contributed by atoms with Crippen LogP contribution in [0.4, 0.5) is 5.69 Å². The molecule has 0 aromatic carbocycles. The molecule has 76 valence electrons. The monoisotopic (exact) mass is 192 g/mol. The molecule has 0 saturated carbocycles. The van der Waals surface area contributed by atoms with E-state index in [1.165, 1.54) is 0 Å². The van der Waals surface area contributed by atoms with Crippen molar-refractivity contribution in [2.75, 3.05) is 11.9 Å². The third kappa shape index (κ3) is 3.09. The van der Waals surface area contributed by atoms with E-state index in [2.05, 4.69) is 16.9 Å². The molecular formula is C11H16N2O. The minimum Gasteiger partial charge on any atom is -0.478 e. The summed E-state index contributed by atoms with van der Waals surface area (Å²) in [5, 5.41) is 3.22. The summed E-state index contributed by atoms with van der Waals surface area (Å²) in [6.45, 7) is 8.31. The van der Waals surface area contributed by atoms with Gasteiger partial charge in [0.25, 0.3) is 0 Å². The van der Waals surface area contributed by atoms with Crippen molar-refractivity contribution in [3.8, 4) is 5.88 Å². The van der Waals surface area contributed by atoms with Gasteiger partial charge in [0.1, 0.15) is 0 Å². The van der Waals surface area contributed by atoms with Crippen LogP contribution in [0.3, 0.4) is 0 Å².